The standard InChI is InChI=1S/C18H16O2/c1-3-13-7-9-14(10-8-13)17(19)16-11-15-6-4-5-12(2)18(15)20-16/h4-11H,3H2,1-2H3. The van der Waals surface area contributed by atoms with Gasteiger partial charge in [-0.15, -0.1) is 0 Å². The van der Waals surface area contributed by atoms with Crippen LogP contribution < -0.4 is 0 Å². The first-order valence-electron chi connectivity index (χ1n) is 6.82. The monoisotopic (exact) mass is 264 g/mol. The van der Waals surface area contributed by atoms with E-state index < -0.39 is 0 Å². The molecule has 2 nitrogen and oxygen atoms in total. The number of hydrogen-bond donors (Lipinski definition) is 0. The number of ketones is 1. The molecular formula is C18H16O2. The Balaban J connectivity index is 2.01. The van der Waals surface area contributed by atoms with Crippen molar-refractivity contribution in [1.82, 2.24) is 0 Å². The topological polar surface area (TPSA) is 30.2 Å². The molecule has 20 heavy (non-hydrogen) atoms. The zero-order valence-corrected chi connectivity index (χ0v) is 11.6. The second-order valence-corrected chi connectivity index (χ2v) is 4.98. The molecule has 0 radical (unpaired) electrons. The van der Waals surface area contributed by atoms with Crippen LogP contribution in [-0.4, -0.2) is 5.78 Å². The molecule has 3 rings (SSSR count). The lowest BCUT2D eigenvalue weighted by Crippen LogP contribution is -1.99. The first-order chi connectivity index (χ1) is 9.69. The van der Waals surface area contributed by atoms with Gasteiger partial charge in [0.05, 0.1) is 0 Å². The minimum Gasteiger partial charge on any atom is -0.452 e. The highest BCUT2D eigenvalue weighted by molar-refractivity contribution is 6.09. The number of rotatable bonds is 3. The summed E-state index contributed by atoms with van der Waals surface area (Å²) < 4.78 is 5.72. The van der Waals surface area contributed by atoms with Gasteiger partial charge in [0.15, 0.2) is 5.76 Å². The number of carbonyl (C=O) groups excluding carboxylic acids is 1. The lowest BCUT2D eigenvalue weighted by Gasteiger charge is -1.99. The summed E-state index contributed by atoms with van der Waals surface area (Å²) in [5.41, 5.74) is 3.73. The smallest absolute Gasteiger partial charge is 0.228 e. The Bertz CT molecular complexity index is 764. The molecule has 0 saturated heterocycles. The van der Waals surface area contributed by atoms with Crippen LogP contribution in [0.25, 0.3) is 11.0 Å². The molecule has 1 aromatic heterocycles. The summed E-state index contributed by atoms with van der Waals surface area (Å²) >= 11 is 0. The van der Waals surface area contributed by atoms with E-state index in [4.69, 9.17) is 4.42 Å². The Morgan fingerprint density at radius 3 is 2.50 bits per heavy atom. The van der Waals surface area contributed by atoms with Gasteiger partial charge in [-0.3, -0.25) is 4.79 Å². The van der Waals surface area contributed by atoms with E-state index in [-0.39, 0.29) is 5.78 Å². The predicted octanol–water partition coefficient (Wildman–Crippen LogP) is 4.53. The van der Waals surface area contributed by atoms with E-state index in [2.05, 4.69) is 6.92 Å². The Labute approximate surface area is 118 Å². The van der Waals surface area contributed by atoms with E-state index in [1.807, 2.05) is 55.5 Å². The quantitative estimate of drug-likeness (QED) is 0.650. The van der Waals surface area contributed by atoms with Crippen molar-refractivity contribution in [3.05, 3.63) is 71.0 Å². The average molecular weight is 264 g/mol. The van der Waals surface area contributed by atoms with Gasteiger partial charge in [0.1, 0.15) is 5.58 Å². The molecule has 0 bridgehead atoms. The predicted molar refractivity (Wildman–Crippen MR) is 80.2 cm³/mol. The number of aryl methyl sites for hydroxylation is 2. The van der Waals surface area contributed by atoms with Crippen LogP contribution in [0.5, 0.6) is 0 Å². The largest absolute Gasteiger partial charge is 0.452 e. The third kappa shape index (κ3) is 2.14. The molecule has 0 unspecified atom stereocenters. The minimum atomic E-state index is -0.0664. The van der Waals surface area contributed by atoms with Crippen LogP contribution in [0.4, 0.5) is 0 Å². The molecule has 3 aromatic rings. The van der Waals surface area contributed by atoms with Crippen molar-refractivity contribution in [1.29, 1.82) is 0 Å². The molecule has 0 amide bonds. The highest BCUT2D eigenvalue weighted by atomic mass is 16.3. The van der Waals surface area contributed by atoms with Crippen LogP contribution in [0.1, 0.15) is 34.2 Å². The molecule has 2 aromatic carbocycles. The molecule has 0 fully saturated rings. The van der Waals surface area contributed by atoms with Crippen molar-refractivity contribution in [3.8, 4) is 0 Å². The van der Waals surface area contributed by atoms with Crippen LogP contribution in [0.2, 0.25) is 0 Å². The summed E-state index contributed by atoms with van der Waals surface area (Å²) in [4.78, 5) is 12.4. The van der Waals surface area contributed by atoms with Crippen molar-refractivity contribution >= 4 is 16.8 Å². The minimum absolute atomic E-state index is 0.0664. The number of para-hydroxylation sites is 1. The Kier molecular flexibility index (Phi) is 3.15. The van der Waals surface area contributed by atoms with Gasteiger partial charge < -0.3 is 4.42 Å². The Morgan fingerprint density at radius 2 is 1.85 bits per heavy atom. The summed E-state index contributed by atoms with van der Waals surface area (Å²) in [6, 6.07) is 15.4. The van der Waals surface area contributed by atoms with Gasteiger partial charge in [0.25, 0.3) is 0 Å². The molecule has 0 spiro atoms. The van der Waals surface area contributed by atoms with Crippen molar-refractivity contribution in [2.24, 2.45) is 0 Å². The number of furan rings is 1. The first-order valence-corrected chi connectivity index (χ1v) is 6.82. The lowest BCUT2D eigenvalue weighted by atomic mass is 10.1. The summed E-state index contributed by atoms with van der Waals surface area (Å²) in [7, 11) is 0. The second-order valence-electron chi connectivity index (χ2n) is 4.98. The van der Waals surface area contributed by atoms with Gasteiger partial charge in [-0.2, -0.15) is 0 Å². The number of hydrogen-bond acceptors (Lipinski definition) is 2. The molecule has 0 saturated carbocycles. The third-order valence-corrected chi connectivity index (χ3v) is 3.59. The fraction of sp³-hybridized carbons (Fsp3) is 0.167. The molecule has 0 aliphatic rings. The van der Waals surface area contributed by atoms with E-state index >= 15 is 0 Å². The molecule has 0 aliphatic carbocycles. The number of carbonyl (C=O) groups is 1. The number of fused-ring (bicyclic) bond motifs is 1. The average Bonchev–Trinajstić information content (AvgIpc) is 2.92. The van der Waals surface area contributed by atoms with Crippen molar-refractivity contribution in [2.45, 2.75) is 20.3 Å². The zero-order valence-electron chi connectivity index (χ0n) is 11.6. The van der Waals surface area contributed by atoms with Crippen LogP contribution in [-0.2, 0) is 6.42 Å². The van der Waals surface area contributed by atoms with Crippen LogP contribution in [0, 0.1) is 6.92 Å². The first kappa shape index (κ1) is 12.7. The van der Waals surface area contributed by atoms with E-state index in [0.29, 0.717) is 11.3 Å². The van der Waals surface area contributed by atoms with Gasteiger partial charge in [-0.1, -0.05) is 49.4 Å². The van der Waals surface area contributed by atoms with E-state index in [0.717, 1.165) is 23.0 Å². The van der Waals surface area contributed by atoms with Crippen molar-refractivity contribution in [2.75, 3.05) is 0 Å². The molecule has 0 N–H and O–H groups in total. The SMILES string of the molecule is CCc1ccc(C(=O)c2cc3cccc(C)c3o2)cc1. The maximum Gasteiger partial charge on any atom is 0.228 e. The van der Waals surface area contributed by atoms with E-state index in [1.54, 1.807) is 0 Å². The normalized spacial score (nSPS) is 10.9. The second kappa shape index (κ2) is 4.97. The van der Waals surface area contributed by atoms with Crippen molar-refractivity contribution in [3.63, 3.8) is 0 Å². The third-order valence-electron chi connectivity index (χ3n) is 3.59. The number of benzene rings is 2. The van der Waals surface area contributed by atoms with Gasteiger partial charge in [0.2, 0.25) is 5.78 Å². The van der Waals surface area contributed by atoms with Gasteiger partial charge in [-0.25, -0.2) is 0 Å². The summed E-state index contributed by atoms with van der Waals surface area (Å²) in [6.07, 6.45) is 0.971. The van der Waals surface area contributed by atoms with Crippen LogP contribution in [0.3, 0.4) is 0 Å². The maximum absolute atomic E-state index is 12.4. The molecule has 1 heterocycles. The molecule has 0 aliphatic heterocycles. The molecule has 0 atom stereocenters. The van der Waals surface area contributed by atoms with Crippen LogP contribution >= 0.6 is 0 Å². The Hall–Kier alpha value is -2.35. The van der Waals surface area contributed by atoms with Gasteiger partial charge >= 0.3 is 0 Å². The lowest BCUT2D eigenvalue weighted by molar-refractivity contribution is 0.101. The van der Waals surface area contributed by atoms with E-state index in [9.17, 15) is 4.79 Å². The summed E-state index contributed by atoms with van der Waals surface area (Å²) in [5.74, 6) is 0.335. The summed E-state index contributed by atoms with van der Waals surface area (Å²) in [6.45, 7) is 4.08. The fourth-order valence-electron chi connectivity index (χ4n) is 2.35. The van der Waals surface area contributed by atoms with Crippen molar-refractivity contribution < 1.29 is 9.21 Å². The highest BCUT2D eigenvalue weighted by Gasteiger charge is 2.15. The van der Waals surface area contributed by atoms with Gasteiger partial charge in [0, 0.05) is 10.9 Å². The van der Waals surface area contributed by atoms with Gasteiger partial charge in [-0.05, 0) is 30.5 Å². The molecular weight excluding hydrogens is 248 g/mol. The van der Waals surface area contributed by atoms with E-state index in [1.165, 1.54) is 5.56 Å². The van der Waals surface area contributed by atoms with Crippen LogP contribution in [0.15, 0.2) is 52.9 Å². The Morgan fingerprint density at radius 1 is 1.10 bits per heavy atom. The maximum atomic E-state index is 12.4. The summed E-state index contributed by atoms with van der Waals surface area (Å²) in [5, 5.41) is 0.971. The molecule has 2 heteroatoms. The fourth-order valence-corrected chi connectivity index (χ4v) is 2.35. The zero-order chi connectivity index (χ0) is 14.1. The highest BCUT2D eigenvalue weighted by Crippen LogP contribution is 2.24. The molecule has 100 valence electrons.